The van der Waals surface area contributed by atoms with E-state index in [0.717, 1.165) is 21.1 Å². The van der Waals surface area contributed by atoms with Gasteiger partial charge in [0.1, 0.15) is 17.2 Å². The monoisotopic (exact) mass is 436 g/mol. The van der Waals surface area contributed by atoms with Crippen molar-refractivity contribution in [1.82, 2.24) is 4.57 Å². The zero-order valence-electron chi connectivity index (χ0n) is 19.3. The van der Waals surface area contributed by atoms with Gasteiger partial charge < -0.3 is 14.3 Å². The van der Waals surface area contributed by atoms with Crippen molar-refractivity contribution in [2.24, 2.45) is 0 Å². The van der Waals surface area contributed by atoms with E-state index in [0.29, 0.717) is 24.2 Å². The number of aryl methyl sites for hydroxylation is 3. The van der Waals surface area contributed by atoms with Crippen molar-refractivity contribution in [3.8, 4) is 11.9 Å². The van der Waals surface area contributed by atoms with E-state index < -0.39 is 17.2 Å². The third kappa shape index (κ3) is 4.06. The van der Waals surface area contributed by atoms with Crippen LogP contribution >= 0.6 is 0 Å². The molecule has 32 heavy (non-hydrogen) atoms. The number of ether oxygens (including phenoxy) is 1. The number of pyridine rings is 1. The van der Waals surface area contributed by atoms with Crippen LogP contribution in [0.4, 0.5) is 0 Å². The Balaban J connectivity index is 2.14. The van der Waals surface area contributed by atoms with Gasteiger partial charge in [0.2, 0.25) is 11.7 Å². The van der Waals surface area contributed by atoms with Crippen molar-refractivity contribution in [3.63, 3.8) is 0 Å². The van der Waals surface area contributed by atoms with Gasteiger partial charge in [0.05, 0.1) is 11.7 Å². The SMILES string of the molecule is Cc1cc(C)c2c(C)c(C(=O)c3c(C)c(C#N)c(=O)n(CCCOC(C)C)c3O)oc2c1. The Labute approximate surface area is 186 Å². The first-order valence-corrected chi connectivity index (χ1v) is 10.6. The summed E-state index contributed by atoms with van der Waals surface area (Å²) in [6, 6.07) is 5.75. The lowest BCUT2D eigenvalue weighted by molar-refractivity contribution is 0.0743. The molecule has 0 saturated heterocycles. The van der Waals surface area contributed by atoms with Gasteiger partial charge in [-0.25, -0.2) is 0 Å². The number of hydrogen-bond donors (Lipinski definition) is 1. The third-order valence-electron chi connectivity index (χ3n) is 5.58. The summed E-state index contributed by atoms with van der Waals surface area (Å²) in [6.45, 7) is 11.5. The van der Waals surface area contributed by atoms with Crippen LogP contribution in [0.2, 0.25) is 0 Å². The summed E-state index contributed by atoms with van der Waals surface area (Å²) >= 11 is 0. The van der Waals surface area contributed by atoms with Crippen molar-refractivity contribution in [2.75, 3.05) is 6.61 Å². The Kier molecular flexibility index (Phi) is 6.56. The summed E-state index contributed by atoms with van der Waals surface area (Å²) in [5.41, 5.74) is 2.47. The molecule has 3 rings (SSSR count). The van der Waals surface area contributed by atoms with Crippen molar-refractivity contribution in [1.29, 1.82) is 5.26 Å². The number of fused-ring (bicyclic) bond motifs is 1. The molecule has 2 aromatic heterocycles. The number of benzene rings is 1. The summed E-state index contributed by atoms with van der Waals surface area (Å²) in [7, 11) is 0. The third-order valence-corrected chi connectivity index (χ3v) is 5.58. The molecule has 0 amide bonds. The van der Waals surface area contributed by atoms with E-state index >= 15 is 0 Å². The van der Waals surface area contributed by atoms with Gasteiger partial charge in [-0.2, -0.15) is 5.26 Å². The highest BCUT2D eigenvalue weighted by Gasteiger charge is 2.29. The molecule has 7 nitrogen and oxygen atoms in total. The van der Waals surface area contributed by atoms with Gasteiger partial charge >= 0.3 is 0 Å². The van der Waals surface area contributed by atoms with Crippen LogP contribution in [0.3, 0.4) is 0 Å². The van der Waals surface area contributed by atoms with E-state index in [1.807, 2.05) is 45.9 Å². The zero-order valence-corrected chi connectivity index (χ0v) is 19.3. The summed E-state index contributed by atoms with van der Waals surface area (Å²) in [5.74, 6) is -0.937. The first-order valence-electron chi connectivity index (χ1n) is 10.6. The minimum atomic E-state index is -0.628. The highest BCUT2D eigenvalue weighted by Crippen LogP contribution is 2.33. The van der Waals surface area contributed by atoms with E-state index in [1.54, 1.807) is 6.92 Å². The molecule has 1 N–H and O–H groups in total. The van der Waals surface area contributed by atoms with Crippen molar-refractivity contribution in [3.05, 3.63) is 61.6 Å². The summed E-state index contributed by atoms with van der Waals surface area (Å²) in [6.07, 6.45) is 0.475. The highest BCUT2D eigenvalue weighted by atomic mass is 16.5. The van der Waals surface area contributed by atoms with Gasteiger partial charge in [0.15, 0.2) is 5.76 Å². The predicted octanol–water partition coefficient (Wildman–Crippen LogP) is 4.45. The molecule has 0 aliphatic rings. The van der Waals surface area contributed by atoms with E-state index in [2.05, 4.69) is 0 Å². The van der Waals surface area contributed by atoms with Gasteiger partial charge in [-0.1, -0.05) is 6.07 Å². The number of ketones is 1. The molecular weight excluding hydrogens is 408 g/mol. The smallest absolute Gasteiger partial charge is 0.271 e. The van der Waals surface area contributed by atoms with Crippen LogP contribution in [-0.4, -0.2) is 28.2 Å². The summed E-state index contributed by atoms with van der Waals surface area (Å²) in [5, 5.41) is 21.3. The molecule has 0 unspecified atom stereocenters. The van der Waals surface area contributed by atoms with Crippen molar-refractivity contribution >= 4 is 16.8 Å². The second kappa shape index (κ2) is 9.01. The van der Waals surface area contributed by atoms with Crippen LogP contribution in [0, 0.1) is 39.0 Å². The average molecular weight is 437 g/mol. The normalized spacial score (nSPS) is 11.3. The molecule has 0 fully saturated rings. The van der Waals surface area contributed by atoms with Gasteiger partial charge in [-0.3, -0.25) is 14.2 Å². The van der Waals surface area contributed by atoms with Gasteiger partial charge in [-0.15, -0.1) is 0 Å². The van der Waals surface area contributed by atoms with Gasteiger partial charge in [0.25, 0.3) is 5.56 Å². The maximum atomic E-state index is 13.5. The summed E-state index contributed by atoms with van der Waals surface area (Å²) in [4.78, 5) is 26.3. The second-order valence-electron chi connectivity index (χ2n) is 8.38. The number of rotatable bonds is 7. The summed E-state index contributed by atoms with van der Waals surface area (Å²) < 4.78 is 12.5. The molecule has 0 atom stereocenters. The minimum absolute atomic E-state index is 0.0355. The number of aromatic hydroxyl groups is 1. The Morgan fingerprint density at radius 2 is 1.91 bits per heavy atom. The average Bonchev–Trinajstić information content (AvgIpc) is 3.03. The van der Waals surface area contributed by atoms with E-state index in [-0.39, 0.29) is 35.1 Å². The molecule has 1 aromatic carbocycles. The van der Waals surface area contributed by atoms with Crippen LogP contribution in [0.25, 0.3) is 11.0 Å². The fraction of sp³-hybridized carbons (Fsp3) is 0.400. The molecular formula is C25H28N2O5. The first-order chi connectivity index (χ1) is 15.1. The lowest BCUT2D eigenvalue weighted by atomic mass is 9.97. The number of nitriles is 1. The number of aromatic nitrogens is 1. The molecule has 0 aliphatic heterocycles. The lowest BCUT2D eigenvalue weighted by Gasteiger charge is -2.15. The molecule has 0 aliphatic carbocycles. The Bertz CT molecular complexity index is 1310. The molecule has 0 bridgehead atoms. The fourth-order valence-corrected chi connectivity index (χ4v) is 4.09. The number of carbonyl (C=O) groups is 1. The largest absolute Gasteiger partial charge is 0.494 e. The van der Waals surface area contributed by atoms with E-state index in [4.69, 9.17) is 9.15 Å². The topological polar surface area (TPSA) is 105 Å². The van der Waals surface area contributed by atoms with E-state index in [1.165, 1.54) is 6.92 Å². The van der Waals surface area contributed by atoms with Crippen LogP contribution in [0.1, 0.15) is 64.2 Å². The molecule has 2 heterocycles. The Hall–Kier alpha value is -3.37. The fourth-order valence-electron chi connectivity index (χ4n) is 4.09. The Morgan fingerprint density at radius 1 is 1.22 bits per heavy atom. The van der Waals surface area contributed by atoms with Crippen LogP contribution < -0.4 is 5.56 Å². The van der Waals surface area contributed by atoms with Gasteiger partial charge in [0, 0.05) is 24.1 Å². The maximum absolute atomic E-state index is 13.5. The van der Waals surface area contributed by atoms with Crippen LogP contribution in [-0.2, 0) is 11.3 Å². The standard InChI is InChI=1S/C25H28N2O5/c1-13(2)31-9-7-8-27-24(29)18(12-26)16(5)21(25(27)30)22(28)23-17(6)20-15(4)10-14(3)11-19(20)32-23/h10-11,13,30H,7-9H2,1-6H3. The van der Waals surface area contributed by atoms with Crippen LogP contribution in [0.15, 0.2) is 21.3 Å². The first kappa shape index (κ1) is 23.3. The van der Waals surface area contributed by atoms with E-state index in [9.17, 15) is 20.0 Å². The second-order valence-corrected chi connectivity index (χ2v) is 8.38. The molecule has 7 heteroatoms. The van der Waals surface area contributed by atoms with Gasteiger partial charge in [-0.05, 0) is 70.7 Å². The Morgan fingerprint density at radius 3 is 2.53 bits per heavy atom. The molecule has 0 radical (unpaired) electrons. The van der Waals surface area contributed by atoms with Crippen LogP contribution in [0.5, 0.6) is 5.88 Å². The lowest BCUT2D eigenvalue weighted by Crippen LogP contribution is -2.27. The maximum Gasteiger partial charge on any atom is 0.271 e. The number of nitrogens with zero attached hydrogens (tertiary/aromatic N) is 2. The minimum Gasteiger partial charge on any atom is -0.494 e. The quantitative estimate of drug-likeness (QED) is 0.433. The number of carbonyl (C=O) groups excluding carboxylic acids is 1. The molecule has 168 valence electrons. The number of furan rings is 1. The predicted molar refractivity (Wildman–Crippen MR) is 121 cm³/mol. The molecule has 0 spiro atoms. The zero-order chi connectivity index (χ0) is 23.7. The molecule has 0 saturated carbocycles. The van der Waals surface area contributed by atoms with Crippen molar-refractivity contribution < 1.29 is 19.1 Å². The highest BCUT2D eigenvalue weighted by molar-refractivity contribution is 6.13. The van der Waals surface area contributed by atoms with Crippen molar-refractivity contribution in [2.45, 2.75) is 60.6 Å². The molecule has 3 aromatic rings. The number of hydrogen-bond acceptors (Lipinski definition) is 6.